The van der Waals surface area contributed by atoms with Crippen molar-refractivity contribution < 1.29 is 13.2 Å². The predicted octanol–water partition coefficient (Wildman–Crippen LogP) is 2.82. The predicted molar refractivity (Wildman–Crippen MR) is 50.9 cm³/mol. The molecular weight excluding hydrogens is 225 g/mol. The van der Waals surface area contributed by atoms with Crippen LogP contribution in [0, 0.1) is 11.3 Å². The van der Waals surface area contributed by atoms with Crippen molar-refractivity contribution >= 4 is 11.8 Å². The lowest BCUT2D eigenvalue weighted by molar-refractivity contribution is -0.0328. The number of hydrogen-bond donors (Lipinski definition) is 1. The fourth-order valence-electron chi connectivity index (χ4n) is 0.951. The summed E-state index contributed by atoms with van der Waals surface area (Å²) < 4.78 is 35.9. The van der Waals surface area contributed by atoms with E-state index in [-0.39, 0.29) is 16.7 Å². The molecule has 0 heterocycles. The Labute approximate surface area is 88.9 Å². The van der Waals surface area contributed by atoms with Gasteiger partial charge in [0.05, 0.1) is 6.07 Å². The zero-order chi connectivity index (χ0) is 11.5. The zero-order valence-electron chi connectivity index (χ0n) is 7.45. The van der Waals surface area contributed by atoms with E-state index in [4.69, 9.17) is 11.0 Å². The molecule has 0 fully saturated rings. The summed E-state index contributed by atoms with van der Waals surface area (Å²) in [6.07, 6.45) is 0. The Bertz CT molecular complexity index is 366. The summed E-state index contributed by atoms with van der Waals surface area (Å²) >= 11 is -0.195. The van der Waals surface area contributed by atoms with Gasteiger partial charge in [-0.15, -0.1) is 0 Å². The smallest absolute Gasteiger partial charge is 0.312 e. The molecule has 0 aliphatic carbocycles. The Morgan fingerprint density at radius 1 is 1.27 bits per heavy atom. The largest absolute Gasteiger partial charge is 0.446 e. The van der Waals surface area contributed by atoms with Gasteiger partial charge in [-0.1, -0.05) is 12.1 Å². The van der Waals surface area contributed by atoms with E-state index < -0.39 is 11.6 Å². The third-order valence-electron chi connectivity index (χ3n) is 1.61. The molecule has 6 heteroatoms. The first-order valence-electron chi connectivity index (χ1n) is 3.93. The molecule has 2 nitrogen and oxygen atoms in total. The zero-order valence-corrected chi connectivity index (χ0v) is 8.27. The molecule has 1 rings (SSSR count). The summed E-state index contributed by atoms with van der Waals surface area (Å²) in [6, 6.07) is 6.43. The van der Waals surface area contributed by atoms with Gasteiger partial charge in [-0.3, -0.25) is 0 Å². The van der Waals surface area contributed by atoms with Crippen LogP contribution in [0.3, 0.4) is 0 Å². The maximum absolute atomic E-state index is 12.0. The van der Waals surface area contributed by atoms with E-state index in [0.717, 1.165) is 0 Å². The van der Waals surface area contributed by atoms with Gasteiger partial charge in [0.25, 0.3) is 0 Å². The van der Waals surface area contributed by atoms with Crippen LogP contribution in [0.2, 0.25) is 0 Å². The number of thioether (sulfide) groups is 1. The Hall–Kier alpha value is -1.19. The van der Waals surface area contributed by atoms with E-state index in [0.29, 0.717) is 5.56 Å². The van der Waals surface area contributed by atoms with Crippen LogP contribution in [0.5, 0.6) is 0 Å². The summed E-state index contributed by atoms with van der Waals surface area (Å²) in [7, 11) is 0. The van der Waals surface area contributed by atoms with Gasteiger partial charge in [-0.05, 0) is 29.5 Å². The second-order valence-corrected chi connectivity index (χ2v) is 3.86. The van der Waals surface area contributed by atoms with Gasteiger partial charge in [-0.2, -0.15) is 18.4 Å². The molecule has 0 unspecified atom stereocenters. The number of nitrogens with zero attached hydrogens (tertiary/aromatic N) is 1. The van der Waals surface area contributed by atoms with E-state index in [1.165, 1.54) is 24.3 Å². The molecule has 80 valence electrons. The fraction of sp³-hybridized carbons (Fsp3) is 0.222. The van der Waals surface area contributed by atoms with Crippen LogP contribution in [-0.4, -0.2) is 5.51 Å². The van der Waals surface area contributed by atoms with Gasteiger partial charge in [-0.25, -0.2) is 0 Å². The van der Waals surface area contributed by atoms with Gasteiger partial charge in [0, 0.05) is 4.90 Å². The third-order valence-corrected chi connectivity index (χ3v) is 2.35. The molecule has 0 radical (unpaired) electrons. The lowest BCUT2D eigenvalue weighted by Gasteiger charge is -2.07. The highest BCUT2D eigenvalue weighted by atomic mass is 32.2. The topological polar surface area (TPSA) is 49.8 Å². The molecule has 0 saturated carbocycles. The number of benzene rings is 1. The number of alkyl halides is 3. The quantitative estimate of drug-likeness (QED) is 0.797. The molecule has 0 aliphatic heterocycles. The van der Waals surface area contributed by atoms with Crippen molar-refractivity contribution in [3.63, 3.8) is 0 Å². The first-order valence-corrected chi connectivity index (χ1v) is 4.75. The molecule has 0 aromatic heterocycles. The van der Waals surface area contributed by atoms with Crippen molar-refractivity contribution in [2.45, 2.75) is 16.4 Å². The summed E-state index contributed by atoms with van der Waals surface area (Å²) in [6.45, 7) is 0. The van der Waals surface area contributed by atoms with Crippen molar-refractivity contribution in [2.24, 2.45) is 5.73 Å². The Balaban J connectivity index is 2.78. The molecule has 15 heavy (non-hydrogen) atoms. The average Bonchev–Trinajstić information content (AvgIpc) is 2.15. The Morgan fingerprint density at radius 2 is 1.80 bits per heavy atom. The molecule has 0 amide bonds. The summed E-state index contributed by atoms with van der Waals surface area (Å²) in [5, 5.41) is 8.48. The molecule has 0 saturated heterocycles. The molecule has 1 aromatic rings. The molecule has 1 aromatic carbocycles. The third kappa shape index (κ3) is 3.81. The molecular formula is C9H7F3N2S. The number of hydrogen-bond acceptors (Lipinski definition) is 3. The highest BCUT2D eigenvalue weighted by Crippen LogP contribution is 2.36. The van der Waals surface area contributed by atoms with Crippen LogP contribution in [0.1, 0.15) is 11.6 Å². The van der Waals surface area contributed by atoms with Crippen LogP contribution in [-0.2, 0) is 0 Å². The van der Waals surface area contributed by atoms with Crippen molar-refractivity contribution in [2.75, 3.05) is 0 Å². The first kappa shape index (κ1) is 11.9. The van der Waals surface area contributed by atoms with Crippen LogP contribution in [0.15, 0.2) is 29.2 Å². The monoisotopic (exact) mass is 232 g/mol. The number of rotatable bonds is 2. The Kier molecular flexibility index (Phi) is 3.61. The van der Waals surface area contributed by atoms with Crippen molar-refractivity contribution in [3.05, 3.63) is 29.8 Å². The number of nitriles is 1. The standard InChI is InChI=1S/C9H7F3N2S/c10-9(11,12)15-7-3-1-6(2-4-7)8(14)5-13/h1-4,8H,14H2/t8-/m0/s1. The molecule has 2 N–H and O–H groups in total. The van der Waals surface area contributed by atoms with Crippen molar-refractivity contribution in [3.8, 4) is 6.07 Å². The van der Waals surface area contributed by atoms with Crippen LogP contribution >= 0.6 is 11.8 Å². The Morgan fingerprint density at radius 3 is 2.20 bits per heavy atom. The van der Waals surface area contributed by atoms with E-state index in [9.17, 15) is 13.2 Å². The van der Waals surface area contributed by atoms with Crippen molar-refractivity contribution in [1.29, 1.82) is 5.26 Å². The molecule has 0 bridgehead atoms. The minimum atomic E-state index is -4.29. The van der Waals surface area contributed by atoms with Crippen LogP contribution < -0.4 is 5.73 Å². The van der Waals surface area contributed by atoms with Crippen molar-refractivity contribution in [1.82, 2.24) is 0 Å². The summed E-state index contributed by atoms with van der Waals surface area (Å²) in [5.41, 5.74) is 1.59. The first-order chi connectivity index (χ1) is 6.92. The van der Waals surface area contributed by atoms with Gasteiger partial charge < -0.3 is 5.73 Å². The maximum atomic E-state index is 12.0. The van der Waals surface area contributed by atoms with Gasteiger partial charge in [0.1, 0.15) is 6.04 Å². The second-order valence-electron chi connectivity index (χ2n) is 2.72. The molecule has 1 atom stereocenters. The van der Waals surface area contributed by atoms with Crippen LogP contribution in [0.4, 0.5) is 13.2 Å². The normalized spacial score (nSPS) is 13.3. The van der Waals surface area contributed by atoms with Gasteiger partial charge in [0.2, 0.25) is 0 Å². The van der Waals surface area contributed by atoms with E-state index in [2.05, 4.69) is 0 Å². The number of halogens is 3. The second kappa shape index (κ2) is 4.55. The average molecular weight is 232 g/mol. The summed E-state index contributed by atoms with van der Waals surface area (Å²) in [5.74, 6) is 0. The van der Waals surface area contributed by atoms with E-state index in [1.807, 2.05) is 0 Å². The minimum Gasteiger partial charge on any atom is -0.312 e. The summed E-state index contributed by atoms with van der Waals surface area (Å²) in [4.78, 5) is 0.0800. The molecule has 0 aliphatic rings. The maximum Gasteiger partial charge on any atom is 0.446 e. The van der Waals surface area contributed by atoms with Gasteiger partial charge >= 0.3 is 5.51 Å². The highest BCUT2D eigenvalue weighted by Gasteiger charge is 2.29. The molecule has 0 spiro atoms. The van der Waals surface area contributed by atoms with E-state index in [1.54, 1.807) is 6.07 Å². The van der Waals surface area contributed by atoms with E-state index >= 15 is 0 Å². The van der Waals surface area contributed by atoms with Gasteiger partial charge in [0.15, 0.2) is 0 Å². The number of nitrogens with two attached hydrogens (primary N) is 1. The SMILES string of the molecule is N#C[C@H](N)c1ccc(SC(F)(F)F)cc1. The fourth-order valence-corrected chi connectivity index (χ4v) is 1.49. The lowest BCUT2D eigenvalue weighted by atomic mass is 10.1. The minimum absolute atomic E-state index is 0.0800. The highest BCUT2D eigenvalue weighted by molar-refractivity contribution is 8.00. The lowest BCUT2D eigenvalue weighted by Crippen LogP contribution is -2.06. The van der Waals surface area contributed by atoms with Crippen LogP contribution in [0.25, 0.3) is 0 Å².